The highest BCUT2D eigenvalue weighted by molar-refractivity contribution is 7.16. The molecule has 0 aliphatic carbocycles. The molecule has 7 nitrogen and oxygen atoms in total. The maximum Gasteiger partial charge on any atom is 0.227 e. The highest BCUT2D eigenvalue weighted by Crippen LogP contribution is 2.42. The minimum absolute atomic E-state index is 0.131. The Morgan fingerprint density at radius 1 is 1.21 bits per heavy atom. The number of hydrogen-bond acceptors (Lipinski definition) is 6. The molecule has 0 radical (unpaired) electrons. The molecule has 150 valence electrons. The molecule has 2 aromatic rings. The third-order valence-electron chi connectivity index (χ3n) is 4.52. The zero-order chi connectivity index (χ0) is 20.3. The van der Waals surface area contributed by atoms with Crippen LogP contribution in [0.1, 0.15) is 11.3 Å². The number of methoxy groups -OCH3 is 3. The van der Waals surface area contributed by atoms with E-state index < -0.39 is 5.92 Å². The van der Waals surface area contributed by atoms with Gasteiger partial charge in [-0.15, -0.1) is 11.3 Å². The molecule has 0 spiro atoms. The number of benzene rings is 1. The summed E-state index contributed by atoms with van der Waals surface area (Å²) in [6, 6.07) is 7.06. The van der Waals surface area contributed by atoms with E-state index in [9.17, 15) is 9.59 Å². The number of nitrogens with one attached hydrogen (secondary N) is 1. The second kappa shape index (κ2) is 8.70. The van der Waals surface area contributed by atoms with Crippen molar-refractivity contribution in [2.75, 3.05) is 32.8 Å². The fourth-order valence-electron chi connectivity index (χ4n) is 3.12. The lowest BCUT2D eigenvalue weighted by atomic mass is 10.1. The van der Waals surface area contributed by atoms with Crippen molar-refractivity contribution in [3.8, 4) is 17.2 Å². The van der Waals surface area contributed by atoms with Crippen molar-refractivity contribution in [1.82, 2.24) is 5.32 Å². The van der Waals surface area contributed by atoms with Crippen molar-refractivity contribution >= 4 is 40.4 Å². The fraction of sp³-hybridized carbons (Fsp3) is 0.368. The Kier molecular flexibility index (Phi) is 6.31. The number of hydrogen-bond donors (Lipinski definition) is 1. The molecule has 28 heavy (non-hydrogen) atoms. The molecule has 1 unspecified atom stereocenters. The van der Waals surface area contributed by atoms with E-state index in [0.717, 1.165) is 4.88 Å². The maximum atomic E-state index is 12.5. The highest BCUT2D eigenvalue weighted by atomic mass is 35.5. The van der Waals surface area contributed by atoms with Gasteiger partial charge in [0.1, 0.15) is 0 Å². The number of halogens is 1. The predicted octanol–water partition coefficient (Wildman–Crippen LogP) is 3.10. The molecule has 1 aromatic heterocycles. The first-order valence-corrected chi connectivity index (χ1v) is 9.78. The van der Waals surface area contributed by atoms with Gasteiger partial charge in [-0.05, 0) is 12.1 Å². The molecule has 1 fully saturated rings. The second-order valence-corrected chi connectivity index (χ2v) is 8.01. The summed E-state index contributed by atoms with van der Waals surface area (Å²) in [4.78, 5) is 27.6. The summed E-state index contributed by atoms with van der Waals surface area (Å²) in [5.74, 6) is 0.631. The summed E-state index contributed by atoms with van der Waals surface area (Å²) in [7, 11) is 4.54. The van der Waals surface area contributed by atoms with E-state index in [1.165, 1.54) is 32.7 Å². The molecular formula is C19H21ClN2O5S. The number of carbonyl (C=O) groups excluding carboxylic acids is 2. The quantitative estimate of drug-likeness (QED) is 0.739. The lowest BCUT2D eigenvalue weighted by molar-refractivity contribution is -0.126. The zero-order valence-corrected chi connectivity index (χ0v) is 17.4. The molecule has 0 saturated carbocycles. The predicted molar refractivity (Wildman–Crippen MR) is 108 cm³/mol. The van der Waals surface area contributed by atoms with Crippen LogP contribution in [-0.2, 0) is 16.1 Å². The first-order chi connectivity index (χ1) is 13.5. The first kappa shape index (κ1) is 20.3. The number of carbonyl (C=O) groups is 2. The standard InChI is InChI=1S/C19H21ClN2O5S/c1-25-14-7-12(8-15(26-2)18(14)27-3)22-10-11(6-17(22)23)19(24)21-9-13-4-5-16(20)28-13/h4-5,7-8,11H,6,9-10H2,1-3H3,(H,21,24). The van der Waals surface area contributed by atoms with Gasteiger partial charge < -0.3 is 24.4 Å². The van der Waals surface area contributed by atoms with Crippen LogP contribution in [0.5, 0.6) is 17.2 Å². The Morgan fingerprint density at radius 3 is 2.43 bits per heavy atom. The third-order valence-corrected chi connectivity index (χ3v) is 5.75. The molecule has 1 saturated heterocycles. The molecule has 1 aliphatic heterocycles. The second-order valence-electron chi connectivity index (χ2n) is 6.21. The van der Waals surface area contributed by atoms with Crippen LogP contribution in [0.4, 0.5) is 5.69 Å². The van der Waals surface area contributed by atoms with Gasteiger partial charge in [0.05, 0.1) is 43.8 Å². The maximum absolute atomic E-state index is 12.5. The molecular weight excluding hydrogens is 404 g/mol. The van der Waals surface area contributed by atoms with Gasteiger partial charge in [-0.25, -0.2) is 0 Å². The van der Waals surface area contributed by atoms with Crippen LogP contribution in [-0.4, -0.2) is 39.7 Å². The summed E-state index contributed by atoms with van der Waals surface area (Å²) < 4.78 is 16.7. The van der Waals surface area contributed by atoms with Crippen LogP contribution in [0, 0.1) is 5.92 Å². The van der Waals surface area contributed by atoms with Gasteiger partial charge in [0.25, 0.3) is 0 Å². The van der Waals surface area contributed by atoms with Crippen molar-refractivity contribution < 1.29 is 23.8 Å². The fourth-order valence-corrected chi connectivity index (χ4v) is 4.15. The molecule has 1 N–H and O–H groups in total. The van der Waals surface area contributed by atoms with E-state index in [1.807, 2.05) is 6.07 Å². The Morgan fingerprint density at radius 2 is 1.89 bits per heavy atom. The van der Waals surface area contributed by atoms with Gasteiger partial charge in [0.2, 0.25) is 17.6 Å². The first-order valence-electron chi connectivity index (χ1n) is 8.59. The van der Waals surface area contributed by atoms with Gasteiger partial charge in [-0.1, -0.05) is 11.6 Å². The number of amides is 2. The van der Waals surface area contributed by atoms with Crippen molar-refractivity contribution in [2.45, 2.75) is 13.0 Å². The van der Waals surface area contributed by atoms with Crippen molar-refractivity contribution in [3.63, 3.8) is 0 Å². The number of nitrogens with zero attached hydrogens (tertiary/aromatic N) is 1. The lowest BCUT2D eigenvalue weighted by Gasteiger charge is -2.20. The lowest BCUT2D eigenvalue weighted by Crippen LogP contribution is -2.32. The van der Waals surface area contributed by atoms with E-state index >= 15 is 0 Å². The van der Waals surface area contributed by atoms with Crippen LogP contribution in [0.15, 0.2) is 24.3 Å². The molecule has 1 atom stereocenters. The van der Waals surface area contributed by atoms with E-state index in [-0.39, 0.29) is 24.8 Å². The number of ether oxygens (including phenoxy) is 3. The molecule has 1 aliphatic rings. The summed E-state index contributed by atoms with van der Waals surface area (Å²) in [5.41, 5.74) is 0.597. The topological polar surface area (TPSA) is 77.1 Å². The Hall–Kier alpha value is -2.45. The highest BCUT2D eigenvalue weighted by Gasteiger charge is 2.36. The largest absolute Gasteiger partial charge is 0.493 e. The van der Waals surface area contributed by atoms with E-state index in [4.69, 9.17) is 25.8 Å². The van der Waals surface area contributed by atoms with Crippen molar-refractivity contribution in [1.29, 1.82) is 0 Å². The average Bonchev–Trinajstić information content (AvgIpc) is 3.30. The summed E-state index contributed by atoms with van der Waals surface area (Å²) in [6.45, 7) is 0.680. The van der Waals surface area contributed by atoms with E-state index in [0.29, 0.717) is 33.8 Å². The summed E-state index contributed by atoms with van der Waals surface area (Å²) in [5, 5.41) is 2.87. The van der Waals surface area contributed by atoms with Gasteiger partial charge in [-0.2, -0.15) is 0 Å². The third kappa shape index (κ3) is 4.18. The zero-order valence-electron chi connectivity index (χ0n) is 15.8. The minimum atomic E-state index is -0.429. The number of anilines is 1. The number of thiophene rings is 1. The normalized spacial score (nSPS) is 16.2. The molecule has 1 aromatic carbocycles. The smallest absolute Gasteiger partial charge is 0.227 e. The van der Waals surface area contributed by atoms with Crippen molar-refractivity contribution in [3.05, 3.63) is 33.5 Å². The van der Waals surface area contributed by atoms with Crippen LogP contribution in [0.25, 0.3) is 0 Å². The van der Waals surface area contributed by atoms with Crippen LogP contribution < -0.4 is 24.4 Å². The van der Waals surface area contributed by atoms with Gasteiger partial charge in [0, 0.05) is 30.0 Å². The Balaban J connectivity index is 1.72. The Labute approximate surface area is 172 Å². The molecule has 3 rings (SSSR count). The molecule has 2 amide bonds. The van der Waals surface area contributed by atoms with Crippen molar-refractivity contribution in [2.24, 2.45) is 5.92 Å². The van der Waals surface area contributed by atoms with Crippen LogP contribution in [0.2, 0.25) is 4.34 Å². The average molecular weight is 425 g/mol. The minimum Gasteiger partial charge on any atom is -0.493 e. The van der Waals surface area contributed by atoms with Crippen LogP contribution >= 0.6 is 22.9 Å². The van der Waals surface area contributed by atoms with E-state index in [2.05, 4.69) is 5.32 Å². The molecule has 2 heterocycles. The van der Waals surface area contributed by atoms with E-state index in [1.54, 1.807) is 23.1 Å². The Bertz CT molecular complexity index is 860. The van der Waals surface area contributed by atoms with Gasteiger partial charge in [-0.3, -0.25) is 9.59 Å². The monoisotopic (exact) mass is 424 g/mol. The SMILES string of the molecule is COc1cc(N2CC(C(=O)NCc3ccc(Cl)s3)CC2=O)cc(OC)c1OC. The summed E-state index contributed by atoms with van der Waals surface area (Å²) >= 11 is 7.32. The van der Waals surface area contributed by atoms with Gasteiger partial charge >= 0.3 is 0 Å². The van der Waals surface area contributed by atoms with Crippen LogP contribution in [0.3, 0.4) is 0 Å². The molecule has 0 bridgehead atoms. The summed E-state index contributed by atoms with van der Waals surface area (Å²) in [6.07, 6.45) is 0.147. The van der Waals surface area contributed by atoms with Gasteiger partial charge in [0.15, 0.2) is 11.5 Å². The molecule has 9 heteroatoms. The number of rotatable bonds is 7.